The van der Waals surface area contributed by atoms with E-state index in [1.165, 1.54) is 5.56 Å². The SMILES string of the molecule is COc1ccc(NC(=O)c2ccc(OC(=O)C(C)Oc3ccc(C(C)C)cc3)cc2)cc1. The Balaban J connectivity index is 1.54. The highest BCUT2D eigenvalue weighted by molar-refractivity contribution is 6.04. The summed E-state index contributed by atoms with van der Waals surface area (Å²) in [5.74, 6) is 1.28. The molecule has 1 amide bonds. The average Bonchev–Trinajstić information content (AvgIpc) is 2.80. The summed E-state index contributed by atoms with van der Waals surface area (Å²) >= 11 is 0. The van der Waals surface area contributed by atoms with Gasteiger partial charge in [-0.2, -0.15) is 0 Å². The zero-order chi connectivity index (χ0) is 23.1. The van der Waals surface area contributed by atoms with Crippen LogP contribution in [0.2, 0.25) is 0 Å². The van der Waals surface area contributed by atoms with E-state index in [0.717, 1.165) is 0 Å². The number of hydrogen-bond acceptors (Lipinski definition) is 5. The predicted octanol–water partition coefficient (Wildman–Crippen LogP) is 5.44. The Morgan fingerprint density at radius 2 is 1.31 bits per heavy atom. The minimum absolute atomic E-state index is 0.269. The third kappa shape index (κ3) is 6.11. The molecule has 1 atom stereocenters. The number of nitrogens with one attached hydrogen (secondary N) is 1. The molecule has 6 nitrogen and oxygen atoms in total. The molecule has 0 aliphatic heterocycles. The summed E-state index contributed by atoms with van der Waals surface area (Å²) in [6, 6.07) is 21.0. The molecule has 0 heterocycles. The van der Waals surface area contributed by atoms with Crippen LogP contribution in [-0.2, 0) is 4.79 Å². The van der Waals surface area contributed by atoms with Gasteiger partial charge in [0.2, 0.25) is 0 Å². The first kappa shape index (κ1) is 22.9. The van der Waals surface area contributed by atoms with E-state index < -0.39 is 12.1 Å². The average molecular weight is 434 g/mol. The van der Waals surface area contributed by atoms with Crippen molar-refractivity contribution < 1.29 is 23.8 Å². The van der Waals surface area contributed by atoms with E-state index in [2.05, 4.69) is 19.2 Å². The molecule has 0 spiro atoms. The van der Waals surface area contributed by atoms with Gasteiger partial charge in [0, 0.05) is 11.3 Å². The van der Waals surface area contributed by atoms with Gasteiger partial charge >= 0.3 is 5.97 Å². The Morgan fingerprint density at radius 1 is 0.750 bits per heavy atom. The van der Waals surface area contributed by atoms with Crippen molar-refractivity contribution in [2.24, 2.45) is 0 Å². The number of carbonyl (C=O) groups excluding carboxylic acids is 2. The van der Waals surface area contributed by atoms with Gasteiger partial charge < -0.3 is 19.5 Å². The summed E-state index contributed by atoms with van der Waals surface area (Å²) in [7, 11) is 1.58. The van der Waals surface area contributed by atoms with E-state index in [1.807, 2.05) is 24.3 Å². The van der Waals surface area contributed by atoms with Crippen molar-refractivity contribution in [3.63, 3.8) is 0 Å². The Labute approximate surface area is 188 Å². The lowest BCUT2D eigenvalue weighted by Gasteiger charge is -2.15. The molecule has 1 N–H and O–H groups in total. The number of rotatable bonds is 8. The monoisotopic (exact) mass is 433 g/mol. The lowest BCUT2D eigenvalue weighted by Crippen LogP contribution is -2.28. The summed E-state index contributed by atoms with van der Waals surface area (Å²) in [6.45, 7) is 5.86. The topological polar surface area (TPSA) is 73.9 Å². The van der Waals surface area contributed by atoms with Crippen LogP contribution in [0.1, 0.15) is 42.6 Å². The molecule has 166 valence electrons. The van der Waals surface area contributed by atoms with E-state index in [1.54, 1.807) is 62.6 Å². The normalized spacial score (nSPS) is 11.5. The molecular formula is C26H27NO5. The van der Waals surface area contributed by atoms with Gasteiger partial charge in [-0.3, -0.25) is 4.79 Å². The fourth-order valence-corrected chi connectivity index (χ4v) is 2.93. The van der Waals surface area contributed by atoms with Crippen LogP contribution in [0, 0.1) is 0 Å². The molecule has 0 fully saturated rings. The lowest BCUT2D eigenvalue weighted by molar-refractivity contribution is -0.141. The van der Waals surface area contributed by atoms with Gasteiger partial charge in [0.1, 0.15) is 17.2 Å². The van der Waals surface area contributed by atoms with Crippen LogP contribution in [0.5, 0.6) is 17.2 Å². The van der Waals surface area contributed by atoms with Gasteiger partial charge in [-0.1, -0.05) is 26.0 Å². The summed E-state index contributed by atoms with van der Waals surface area (Å²) < 4.78 is 16.2. The highest BCUT2D eigenvalue weighted by atomic mass is 16.6. The highest BCUT2D eigenvalue weighted by Gasteiger charge is 2.18. The molecule has 0 radical (unpaired) electrons. The summed E-state index contributed by atoms with van der Waals surface area (Å²) in [4.78, 5) is 24.8. The van der Waals surface area contributed by atoms with Crippen LogP contribution in [0.15, 0.2) is 72.8 Å². The number of anilines is 1. The summed E-state index contributed by atoms with van der Waals surface area (Å²) in [6.07, 6.45) is -0.780. The van der Waals surface area contributed by atoms with Crippen LogP contribution in [0.3, 0.4) is 0 Å². The van der Waals surface area contributed by atoms with E-state index in [9.17, 15) is 9.59 Å². The van der Waals surface area contributed by atoms with Crippen LogP contribution < -0.4 is 19.5 Å². The highest BCUT2D eigenvalue weighted by Crippen LogP contribution is 2.21. The van der Waals surface area contributed by atoms with Gasteiger partial charge in [0.05, 0.1) is 7.11 Å². The number of methoxy groups -OCH3 is 1. The van der Waals surface area contributed by atoms with Gasteiger partial charge in [0.15, 0.2) is 6.10 Å². The standard InChI is InChI=1S/C26H27NO5/c1-17(2)19-5-11-23(12-6-19)31-18(3)26(29)32-24-13-7-20(8-14-24)25(28)27-21-9-15-22(30-4)16-10-21/h5-18H,1-4H3,(H,27,28). The number of amides is 1. The molecule has 0 aromatic heterocycles. The zero-order valence-electron chi connectivity index (χ0n) is 18.6. The molecule has 1 unspecified atom stereocenters. The maximum atomic E-state index is 12.4. The number of ether oxygens (including phenoxy) is 3. The molecule has 3 aromatic rings. The number of benzene rings is 3. The predicted molar refractivity (Wildman–Crippen MR) is 124 cm³/mol. The van der Waals surface area contributed by atoms with Crippen molar-refractivity contribution in [1.29, 1.82) is 0 Å². The summed E-state index contributed by atoms with van der Waals surface area (Å²) in [5.41, 5.74) is 2.29. The Morgan fingerprint density at radius 3 is 1.88 bits per heavy atom. The molecule has 0 saturated carbocycles. The smallest absolute Gasteiger partial charge is 0.352 e. The molecule has 0 aliphatic carbocycles. The second-order valence-electron chi connectivity index (χ2n) is 7.61. The van der Waals surface area contributed by atoms with Gasteiger partial charge in [0.25, 0.3) is 5.91 Å². The first-order chi connectivity index (χ1) is 15.4. The molecule has 0 aliphatic rings. The second-order valence-corrected chi connectivity index (χ2v) is 7.61. The Kier molecular flexibility index (Phi) is 7.49. The fourth-order valence-electron chi connectivity index (χ4n) is 2.93. The molecule has 3 rings (SSSR count). The molecule has 32 heavy (non-hydrogen) atoms. The van der Waals surface area contributed by atoms with Crippen LogP contribution >= 0.6 is 0 Å². The minimum atomic E-state index is -0.780. The zero-order valence-corrected chi connectivity index (χ0v) is 18.6. The largest absolute Gasteiger partial charge is 0.497 e. The molecular weight excluding hydrogens is 406 g/mol. The van der Waals surface area contributed by atoms with Crippen molar-refractivity contribution in [2.75, 3.05) is 12.4 Å². The van der Waals surface area contributed by atoms with Crippen molar-refractivity contribution in [1.82, 2.24) is 0 Å². The van der Waals surface area contributed by atoms with E-state index in [-0.39, 0.29) is 5.91 Å². The van der Waals surface area contributed by atoms with Crippen molar-refractivity contribution >= 4 is 17.6 Å². The third-order valence-corrected chi connectivity index (χ3v) is 4.87. The maximum absolute atomic E-state index is 12.4. The lowest BCUT2D eigenvalue weighted by atomic mass is 10.0. The Hall–Kier alpha value is -3.80. The van der Waals surface area contributed by atoms with E-state index >= 15 is 0 Å². The van der Waals surface area contributed by atoms with Crippen molar-refractivity contribution in [3.8, 4) is 17.2 Å². The minimum Gasteiger partial charge on any atom is -0.497 e. The van der Waals surface area contributed by atoms with Crippen molar-refractivity contribution in [3.05, 3.63) is 83.9 Å². The van der Waals surface area contributed by atoms with Gasteiger partial charge in [-0.05, 0) is 79.1 Å². The van der Waals surface area contributed by atoms with Crippen LogP contribution in [-0.4, -0.2) is 25.1 Å². The molecule has 0 bridgehead atoms. The third-order valence-electron chi connectivity index (χ3n) is 4.87. The quantitative estimate of drug-likeness (QED) is 0.378. The number of esters is 1. The van der Waals surface area contributed by atoms with E-state index in [0.29, 0.717) is 34.4 Å². The number of hydrogen-bond donors (Lipinski definition) is 1. The van der Waals surface area contributed by atoms with Crippen molar-refractivity contribution in [2.45, 2.75) is 32.8 Å². The van der Waals surface area contributed by atoms with Crippen LogP contribution in [0.4, 0.5) is 5.69 Å². The molecule has 3 aromatic carbocycles. The van der Waals surface area contributed by atoms with Gasteiger partial charge in [-0.15, -0.1) is 0 Å². The first-order valence-electron chi connectivity index (χ1n) is 10.4. The molecule has 0 saturated heterocycles. The van der Waals surface area contributed by atoms with Crippen LogP contribution in [0.25, 0.3) is 0 Å². The summed E-state index contributed by atoms with van der Waals surface area (Å²) in [5, 5.41) is 2.80. The van der Waals surface area contributed by atoms with Gasteiger partial charge in [-0.25, -0.2) is 4.79 Å². The first-order valence-corrected chi connectivity index (χ1v) is 10.4. The molecule has 6 heteroatoms. The fraction of sp³-hybridized carbons (Fsp3) is 0.231. The van der Waals surface area contributed by atoms with E-state index in [4.69, 9.17) is 14.2 Å². The second kappa shape index (κ2) is 10.5. The number of carbonyl (C=O) groups is 2. The maximum Gasteiger partial charge on any atom is 0.352 e. The Bertz CT molecular complexity index is 1040.